The van der Waals surface area contributed by atoms with Gasteiger partial charge in [0.25, 0.3) is 0 Å². The molecule has 0 radical (unpaired) electrons. The monoisotopic (exact) mass is 334 g/mol. The number of hydrogen-bond acceptors (Lipinski definition) is 4. The summed E-state index contributed by atoms with van der Waals surface area (Å²) >= 11 is 1.37. The van der Waals surface area contributed by atoms with E-state index >= 15 is 0 Å². The van der Waals surface area contributed by atoms with Gasteiger partial charge in [-0.15, -0.1) is 0 Å². The number of H-pyrrole nitrogens is 2. The zero-order chi connectivity index (χ0) is 16.4. The van der Waals surface area contributed by atoms with E-state index in [1.807, 2.05) is 54.6 Å². The van der Waals surface area contributed by atoms with Gasteiger partial charge in [0.15, 0.2) is 10.9 Å². The number of Topliss-reactive ketones (excluding diaryl/α,β-unsaturated/α-hetero) is 1. The van der Waals surface area contributed by atoms with Crippen LogP contribution in [0, 0.1) is 0 Å². The summed E-state index contributed by atoms with van der Waals surface area (Å²) in [6.07, 6.45) is 3.23. The second kappa shape index (κ2) is 6.33. The van der Waals surface area contributed by atoms with Crippen molar-refractivity contribution in [2.45, 2.75) is 10.4 Å². The van der Waals surface area contributed by atoms with Gasteiger partial charge < -0.3 is 4.98 Å². The average Bonchev–Trinajstić information content (AvgIpc) is 3.29. The first-order chi connectivity index (χ1) is 11.8. The first kappa shape index (κ1) is 14.7. The number of para-hydroxylation sites is 1. The van der Waals surface area contributed by atoms with E-state index < -0.39 is 5.25 Å². The van der Waals surface area contributed by atoms with Gasteiger partial charge in [0, 0.05) is 22.7 Å². The highest BCUT2D eigenvalue weighted by Gasteiger charge is 2.26. The molecule has 5 nitrogen and oxygen atoms in total. The fourth-order valence-corrected chi connectivity index (χ4v) is 3.64. The van der Waals surface area contributed by atoms with Crippen LogP contribution in [0.3, 0.4) is 0 Å². The van der Waals surface area contributed by atoms with Crippen molar-refractivity contribution < 1.29 is 4.79 Å². The molecule has 0 spiro atoms. The molecule has 0 saturated heterocycles. The molecule has 0 amide bonds. The van der Waals surface area contributed by atoms with Crippen LogP contribution in [0.15, 0.2) is 72.3 Å². The average molecular weight is 334 g/mol. The predicted molar refractivity (Wildman–Crippen MR) is 94.1 cm³/mol. The minimum absolute atomic E-state index is 0.0417. The van der Waals surface area contributed by atoms with E-state index in [-0.39, 0.29) is 5.78 Å². The first-order valence-corrected chi connectivity index (χ1v) is 8.38. The van der Waals surface area contributed by atoms with E-state index in [1.165, 1.54) is 18.1 Å². The molecule has 0 saturated carbocycles. The number of nitrogens with one attached hydrogen (secondary N) is 2. The van der Waals surface area contributed by atoms with Crippen LogP contribution >= 0.6 is 11.8 Å². The van der Waals surface area contributed by atoms with Crippen molar-refractivity contribution in [2.75, 3.05) is 0 Å². The lowest BCUT2D eigenvalue weighted by molar-refractivity contribution is 0.0991. The van der Waals surface area contributed by atoms with E-state index in [4.69, 9.17) is 0 Å². The number of aromatic nitrogens is 4. The van der Waals surface area contributed by atoms with Crippen molar-refractivity contribution >= 4 is 28.4 Å². The Morgan fingerprint density at radius 3 is 2.62 bits per heavy atom. The number of carbonyl (C=O) groups excluding carboxylic acids is 1. The van der Waals surface area contributed by atoms with Crippen LogP contribution in [-0.2, 0) is 0 Å². The van der Waals surface area contributed by atoms with Gasteiger partial charge in [-0.05, 0) is 11.6 Å². The third-order valence-electron chi connectivity index (χ3n) is 3.82. The number of nitrogens with zero attached hydrogens (tertiary/aromatic N) is 2. The quantitative estimate of drug-likeness (QED) is 0.427. The Labute approximate surface area is 142 Å². The Bertz CT molecular complexity index is 963. The molecule has 118 valence electrons. The van der Waals surface area contributed by atoms with E-state index in [0.717, 1.165) is 16.5 Å². The number of benzene rings is 2. The maximum atomic E-state index is 13.2. The smallest absolute Gasteiger partial charge is 0.184 e. The molecule has 4 aromatic rings. The van der Waals surface area contributed by atoms with Gasteiger partial charge in [-0.25, -0.2) is 4.98 Å². The third kappa shape index (κ3) is 2.72. The predicted octanol–water partition coefficient (Wildman–Crippen LogP) is 4.00. The summed E-state index contributed by atoms with van der Waals surface area (Å²) in [6, 6.07) is 17.5. The highest BCUT2D eigenvalue weighted by atomic mass is 32.2. The molecule has 0 aliphatic heterocycles. The SMILES string of the molecule is O=C(c1c[nH]c2ccccc12)C(Sc1ncn[nH]1)c1ccccc1. The molecule has 0 aliphatic rings. The maximum absolute atomic E-state index is 13.2. The van der Waals surface area contributed by atoms with Gasteiger partial charge >= 0.3 is 0 Å². The molecule has 0 aliphatic carbocycles. The van der Waals surface area contributed by atoms with Crippen LogP contribution in [0.25, 0.3) is 10.9 Å². The minimum Gasteiger partial charge on any atom is -0.360 e. The van der Waals surface area contributed by atoms with Crippen molar-refractivity contribution in [3.8, 4) is 0 Å². The number of fused-ring (bicyclic) bond motifs is 1. The number of thioether (sulfide) groups is 1. The van der Waals surface area contributed by atoms with Gasteiger partial charge in [-0.3, -0.25) is 9.89 Å². The van der Waals surface area contributed by atoms with Crippen LogP contribution in [0.5, 0.6) is 0 Å². The topological polar surface area (TPSA) is 74.4 Å². The standard InChI is InChI=1S/C18H14N4OS/c23-16(14-10-19-15-9-5-4-8-13(14)15)17(12-6-2-1-3-7-12)24-18-20-11-21-22-18/h1-11,17,19H,(H,20,21,22). The summed E-state index contributed by atoms with van der Waals surface area (Å²) in [4.78, 5) is 20.6. The zero-order valence-electron chi connectivity index (χ0n) is 12.6. The second-order valence-corrected chi connectivity index (χ2v) is 6.41. The number of rotatable bonds is 5. The lowest BCUT2D eigenvalue weighted by atomic mass is 10.0. The van der Waals surface area contributed by atoms with Gasteiger partial charge in [-0.1, -0.05) is 60.3 Å². The van der Waals surface area contributed by atoms with E-state index in [0.29, 0.717) is 10.7 Å². The first-order valence-electron chi connectivity index (χ1n) is 7.50. The van der Waals surface area contributed by atoms with Gasteiger partial charge in [0.2, 0.25) is 0 Å². The lowest BCUT2D eigenvalue weighted by Gasteiger charge is -2.14. The molecule has 2 aromatic carbocycles. The molecule has 24 heavy (non-hydrogen) atoms. The number of hydrogen-bond donors (Lipinski definition) is 2. The summed E-state index contributed by atoms with van der Waals surface area (Å²) in [5.41, 5.74) is 2.58. The fourth-order valence-electron chi connectivity index (χ4n) is 2.68. The van der Waals surface area contributed by atoms with E-state index in [2.05, 4.69) is 20.2 Å². The van der Waals surface area contributed by atoms with E-state index in [1.54, 1.807) is 6.20 Å². The molecule has 6 heteroatoms. The molecular formula is C18H14N4OS. The van der Waals surface area contributed by atoms with Crippen LogP contribution < -0.4 is 0 Å². The Kier molecular flexibility index (Phi) is 3.88. The molecule has 2 aromatic heterocycles. The molecule has 2 N–H and O–H groups in total. The van der Waals surface area contributed by atoms with Crippen molar-refractivity contribution in [2.24, 2.45) is 0 Å². The highest BCUT2D eigenvalue weighted by molar-refractivity contribution is 8.00. The molecule has 0 fully saturated rings. The second-order valence-electron chi connectivity index (χ2n) is 5.31. The van der Waals surface area contributed by atoms with Crippen molar-refractivity contribution in [1.29, 1.82) is 0 Å². The summed E-state index contributed by atoms with van der Waals surface area (Å²) in [5, 5.41) is 7.85. The molecular weight excluding hydrogens is 320 g/mol. The third-order valence-corrected chi connectivity index (χ3v) is 4.96. The summed E-state index contributed by atoms with van der Waals surface area (Å²) in [6.45, 7) is 0. The number of aromatic amines is 2. The van der Waals surface area contributed by atoms with E-state index in [9.17, 15) is 4.79 Å². The summed E-state index contributed by atoms with van der Waals surface area (Å²) in [5.74, 6) is 0.0417. The minimum atomic E-state index is -0.390. The van der Waals surface area contributed by atoms with Gasteiger partial charge in [-0.2, -0.15) is 5.10 Å². The van der Waals surface area contributed by atoms with Crippen LogP contribution in [0.2, 0.25) is 0 Å². The molecule has 1 atom stereocenters. The van der Waals surface area contributed by atoms with Gasteiger partial charge in [0.05, 0.1) is 0 Å². The molecule has 1 unspecified atom stereocenters. The Hall–Kier alpha value is -2.86. The maximum Gasteiger partial charge on any atom is 0.184 e. The molecule has 4 rings (SSSR count). The van der Waals surface area contributed by atoms with Crippen LogP contribution in [0.1, 0.15) is 21.2 Å². The fraction of sp³-hybridized carbons (Fsp3) is 0.0556. The lowest BCUT2D eigenvalue weighted by Crippen LogP contribution is -2.10. The largest absolute Gasteiger partial charge is 0.360 e. The zero-order valence-corrected chi connectivity index (χ0v) is 13.5. The van der Waals surface area contributed by atoms with Crippen molar-refractivity contribution in [3.05, 3.63) is 78.2 Å². The highest BCUT2D eigenvalue weighted by Crippen LogP contribution is 2.37. The van der Waals surface area contributed by atoms with Crippen LogP contribution in [-0.4, -0.2) is 25.9 Å². The Morgan fingerprint density at radius 1 is 1.04 bits per heavy atom. The van der Waals surface area contributed by atoms with Gasteiger partial charge in [0.1, 0.15) is 11.6 Å². The van der Waals surface area contributed by atoms with Crippen molar-refractivity contribution in [3.63, 3.8) is 0 Å². The molecule has 0 bridgehead atoms. The number of ketones is 1. The molecule has 2 heterocycles. The summed E-state index contributed by atoms with van der Waals surface area (Å²) < 4.78 is 0. The number of carbonyl (C=O) groups is 1. The normalized spacial score (nSPS) is 12.3. The van der Waals surface area contributed by atoms with Crippen LogP contribution in [0.4, 0.5) is 0 Å². The Balaban J connectivity index is 1.76. The Morgan fingerprint density at radius 2 is 1.83 bits per heavy atom. The van der Waals surface area contributed by atoms with Crippen molar-refractivity contribution in [1.82, 2.24) is 20.2 Å². The summed E-state index contributed by atoms with van der Waals surface area (Å²) in [7, 11) is 0.